The predicted octanol–water partition coefficient (Wildman–Crippen LogP) is 3.27. The lowest BCUT2D eigenvalue weighted by molar-refractivity contribution is -0.145. The van der Waals surface area contributed by atoms with Crippen LogP contribution in [0.1, 0.15) is 63.9 Å². The number of carboxylic acid groups (broad SMARTS) is 1. The molecule has 0 bridgehead atoms. The van der Waals surface area contributed by atoms with Crippen LogP contribution in [0.25, 0.3) is 0 Å². The van der Waals surface area contributed by atoms with Gasteiger partial charge in [-0.25, -0.2) is 13.4 Å². The van der Waals surface area contributed by atoms with Crippen LogP contribution in [0.3, 0.4) is 0 Å². The van der Waals surface area contributed by atoms with Crippen molar-refractivity contribution in [2.45, 2.75) is 80.8 Å². The number of hydrogen-bond donors (Lipinski definition) is 3. The van der Waals surface area contributed by atoms with Gasteiger partial charge in [-0.2, -0.15) is 4.72 Å². The van der Waals surface area contributed by atoms with E-state index in [0.717, 1.165) is 24.8 Å². The van der Waals surface area contributed by atoms with Gasteiger partial charge in [-0.3, -0.25) is 9.79 Å². The van der Waals surface area contributed by atoms with Crippen LogP contribution < -0.4 is 4.72 Å². The Morgan fingerprint density at radius 3 is 2.34 bits per heavy atom. The van der Waals surface area contributed by atoms with E-state index in [0.29, 0.717) is 31.4 Å². The number of unbranched alkanes of at least 4 members (excludes halogenated alkanes) is 1. The topological polar surface area (TPSA) is 128 Å². The van der Waals surface area contributed by atoms with Crippen LogP contribution in [0, 0.1) is 0 Å². The summed E-state index contributed by atoms with van der Waals surface area (Å²) >= 11 is 6.15. The van der Waals surface area contributed by atoms with Crippen molar-refractivity contribution in [2.24, 2.45) is 9.98 Å². The van der Waals surface area contributed by atoms with E-state index in [1.165, 1.54) is 12.1 Å². The van der Waals surface area contributed by atoms with E-state index in [-0.39, 0.29) is 29.5 Å². The molecular weight excluding hydrogens is 454 g/mol. The van der Waals surface area contributed by atoms with Crippen LogP contribution in [0.4, 0.5) is 0 Å². The molecule has 1 aromatic rings. The summed E-state index contributed by atoms with van der Waals surface area (Å²) in [6.45, 7) is 1.78. The highest BCUT2D eigenvalue weighted by molar-refractivity contribution is 7.89. The molecule has 0 saturated heterocycles. The molecule has 1 unspecified atom stereocenters. The highest BCUT2D eigenvalue weighted by Gasteiger charge is 2.43. The van der Waals surface area contributed by atoms with Gasteiger partial charge in [-0.15, -0.1) is 0 Å². The van der Waals surface area contributed by atoms with Gasteiger partial charge in [0.25, 0.3) is 0 Å². The fourth-order valence-electron chi connectivity index (χ4n) is 4.35. The molecule has 1 heterocycles. The molecule has 1 aliphatic carbocycles. The van der Waals surface area contributed by atoms with E-state index in [4.69, 9.17) is 11.6 Å². The third kappa shape index (κ3) is 5.39. The molecule has 1 aliphatic heterocycles. The van der Waals surface area contributed by atoms with Gasteiger partial charge in [0.05, 0.1) is 11.5 Å². The molecule has 0 radical (unpaired) electrons. The number of nitrogens with one attached hydrogen (secondary N) is 1. The Morgan fingerprint density at radius 2 is 1.81 bits per heavy atom. The van der Waals surface area contributed by atoms with Crippen LogP contribution in [-0.2, 0) is 21.2 Å². The molecule has 8 nitrogen and oxygen atoms in total. The van der Waals surface area contributed by atoms with E-state index in [1.54, 1.807) is 12.1 Å². The number of aliphatic carboxylic acids is 1. The zero-order chi connectivity index (χ0) is 23.4. The Bertz CT molecular complexity index is 1000. The highest BCUT2D eigenvalue weighted by atomic mass is 35.5. The highest BCUT2D eigenvalue weighted by Crippen LogP contribution is 2.33. The van der Waals surface area contributed by atoms with Crippen molar-refractivity contribution < 1.29 is 23.4 Å². The first-order valence-electron chi connectivity index (χ1n) is 11.0. The summed E-state index contributed by atoms with van der Waals surface area (Å²) in [4.78, 5) is 20.9. The number of rotatable bonds is 10. The van der Waals surface area contributed by atoms with E-state index >= 15 is 0 Å². The summed E-state index contributed by atoms with van der Waals surface area (Å²) in [6.07, 6.45) is 5.72. The smallest absolute Gasteiger partial charge is 0.324 e. The van der Waals surface area contributed by atoms with Crippen LogP contribution in [-0.4, -0.2) is 53.3 Å². The average Bonchev–Trinajstić information content (AvgIpc) is 3.08. The number of aliphatic hydroxyl groups is 1. The van der Waals surface area contributed by atoms with Crippen molar-refractivity contribution >= 4 is 38.5 Å². The third-order valence-corrected chi connectivity index (χ3v) is 7.99. The first-order chi connectivity index (χ1) is 15.2. The molecule has 1 fully saturated rings. The van der Waals surface area contributed by atoms with Crippen LogP contribution in [0.5, 0.6) is 0 Å². The molecule has 32 heavy (non-hydrogen) atoms. The Balaban J connectivity index is 1.80. The molecule has 0 spiro atoms. The maximum absolute atomic E-state index is 12.9. The molecule has 0 amide bonds. The second-order valence-electron chi connectivity index (χ2n) is 8.58. The number of hydrogen-bond acceptors (Lipinski definition) is 6. The standard InChI is InChI=1S/C22H30ClN3O5S/c1-2-3-13-22(24-18(15-27)19(23)25-22)14-16-7-9-17(10-8-16)32(30,31)26-21(20(28)29)11-5-4-6-12-21/h7-10,26-27H,2-6,11-15H2,1H3,(H,28,29). The van der Waals surface area contributed by atoms with Crippen LogP contribution >= 0.6 is 11.6 Å². The molecule has 1 aromatic carbocycles. The van der Waals surface area contributed by atoms with Crippen molar-refractivity contribution in [2.75, 3.05) is 6.61 Å². The number of aliphatic imine (C=N–C) groups is 2. The van der Waals surface area contributed by atoms with Gasteiger partial charge >= 0.3 is 5.97 Å². The number of aliphatic hydroxyl groups excluding tert-OH is 1. The zero-order valence-electron chi connectivity index (χ0n) is 18.2. The maximum atomic E-state index is 12.9. The molecule has 3 rings (SSSR count). The van der Waals surface area contributed by atoms with Gasteiger partial charge in [-0.05, 0) is 43.4 Å². The lowest BCUT2D eigenvalue weighted by Crippen LogP contribution is -2.55. The van der Waals surface area contributed by atoms with Crippen molar-refractivity contribution in [3.63, 3.8) is 0 Å². The zero-order valence-corrected chi connectivity index (χ0v) is 19.8. The number of benzene rings is 1. The molecule has 3 N–H and O–H groups in total. The predicted molar refractivity (Wildman–Crippen MR) is 124 cm³/mol. The lowest BCUT2D eigenvalue weighted by Gasteiger charge is -2.33. The van der Waals surface area contributed by atoms with Gasteiger partial charge in [0, 0.05) is 6.42 Å². The third-order valence-electron chi connectivity index (χ3n) is 6.14. The summed E-state index contributed by atoms with van der Waals surface area (Å²) in [7, 11) is -4.00. The number of halogens is 1. The van der Waals surface area contributed by atoms with E-state index in [9.17, 15) is 23.4 Å². The second kappa shape index (κ2) is 9.99. The van der Waals surface area contributed by atoms with Crippen molar-refractivity contribution in [3.8, 4) is 0 Å². The fraction of sp³-hybridized carbons (Fsp3) is 0.591. The summed E-state index contributed by atoms with van der Waals surface area (Å²) in [5.41, 5.74) is -1.08. The van der Waals surface area contributed by atoms with Crippen LogP contribution in [0.2, 0.25) is 0 Å². The summed E-state index contributed by atoms with van der Waals surface area (Å²) in [5.74, 6) is -1.14. The van der Waals surface area contributed by atoms with E-state index in [2.05, 4.69) is 21.6 Å². The fourth-order valence-corrected chi connectivity index (χ4v) is 6.03. The number of carboxylic acids is 1. The van der Waals surface area contributed by atoms with Gasteiger partial charge in [0.2, 0.25) is 10.0 Å². The lowest BCUT2D eigenvalue weighted by atomic mass is 9.83. The van der Waals surface area contributed by atoms with Gasteiger partial charge in [0.15, 0.2) is 5.66 Å². The average molecular weight is 484 g/mol. The van der Waals surface area contributed by atoms with Gasteiger partial charge in [0.1, 0.15) is 16.4 Å². The Morgan fingerprint density at radius 1 is 1.16 bits per heavy atom. The van der Waals surface area contributed by atoms with E-state index in [1.807, 2.05) is 0 Å². The van der Waals surface area contributed by atoms with Crippen molar-refractivity contribution in [1.82, 2.24) is 4.72 Å². The number of nitrogens with zero attached hydrogens (tertiary/aromatic N) is 2. The molecule has 176 valence electrons. The normalized spacial score (nSPS) is 23.0. The summed E-state index contributed by atoms with van der Waals surface area (Å²) < 4.78 is 28.3. The van der Waals surface area contributed by atoms with Crippen LogP contribution in [0.15, 0.2) is 39.1 Å². The molecule has 0 aromatic heterocycles. The number of sulfonamides is 1. The Kier molecular flexibility index (Phi) is 7.75. The quantitative estimate of drug-likeness (QED) is 0.470. The Labute approximate surface area is 193 Å². The minimum atomic E-state index is -4.00. The van der Waals surface area contributed by atoms with Crippen molar-refractivity contribution in [3.05, 3.63) is 29.8 Å². The number of carbonyl (C=O) groups is 1. The first kappa shape index (κ1) is 24.8. The van der Waals surface area contributed by atoms with Crippen molar-refractivity contribution in [1.29, 1.82) is 0 Å². The van der Waals surface area contributed by atoms with E-state index < -0.39 is 27.2 Å². The maximum Gasteiger partial charge on any atom is 0.324 e. The molecule has 10 heteroatoms. The molecular formula is C22H30ClN3O5S. The molecule has 1 saturated carbocycles. The minimum absolute atomic E-state index is 0.0163. The first-order valence-corrected chi connectivity index (χ1v) is 12.8. The van der Waals surface area contributed by atoms with Gasteiger partial charge in [-0.1, -0.05) is 56.3 Å². The SMILES string of the molecule is CCCCC1(Cc2ccc(S(=O)(=O)NC3(C(=O)O)CCCCC3)cc2)N=C(Cl)C(CO)=N1. The Hall–Kier alpha value is -1.81. The monoisotopic (exact) mass is 483 g/mol. The largest absolute Gasteiger partial charge is 0.480 e. The minimum Gasteiger partial charge on any atom is -0.480 e. The summed E-state index contributed by atoms with van der Waals surface area (Å²) in [6, 6.07) is 6.32. The van der Waals surface area contributed by atoms with Gasteiger partial charge < -0.3 is 10.2 Å². The summed E-state index contributed by atoms with van der Waals surface area (Å²) in [5, 5.41) is 19.4. The molecule has 2 aliphatic rings. The molecule has 1 atom stereocenters. The second-order valence-corrected chi connectivity index (χ2v) is 10.6.